The maximum Gasteiger partial charge on any atom is 0.267 e. The van der Waals surface area contributed by atoms with E-state index < -0.39 is 15.7 Å². The van der Waals surface area contributed by atoms with Crippen molar-refractivity contribution in [3.8, 4) is 6.07 Å². The number of rotatable bonds is 5. The van der Waals surface area contributed by atoms with Crippen molar-refractivity contribution in [2.45, 2.75) is 19.4 Å². The first-order chi connectivity index (χ1) is 11.3. The Hall–Kier alpha value is -2.04. The van der Waals surface area contributed by atoms with Crippen LogP contribution in [0.1, 0.15) is 13.3 Å². The van der Waals surface area contributed by atoms with Gasteiger partial charge in [-0.3, -0.25) is 4.79 Å². The highest BCUT2D eigenvalue weighted by Gasteiger charge is 2.31. The fourth-order valence-corrected chi connectivity index (χ4v) is 4.40. The highest BCUT2D eigenvalue weighted by atomic mass is 35.5. The normalized spacial score (nSPS) is 19.5. The first-order valence-corrected chi connectivity index (χ1v) is 9.69. The summed E-state index contributed by atoms with van der Waals surface area (Å²) in [4.78, 5) is 14.0. The molecule has 1 aliphatic heterocycles. The number of hydrogen-bond donors (Lipinski definition) is 1. The van der Waals surface area contributed by atoms with E-state index in [0.29, 0.717) is 23.7 Å². The number of carbonyl (C=O) groups excluding carboxylic acids is 1. The van der Waals surface area contributed by atoms with Crippen molar-refractivity contribution in [3.63, 3.8) is 0 Å². The van der Waals surface area contributed by atoms with Crippen molar-refractivity contribution >= 4 is 33.0 Å². The van der Waals surface area contributed by atoms with E-state index in [0.717, 1.165) is 0 Å². The minimum atomic E-state index is -3.03. The van der Waals surface area contributed by atoms with Crippen molar-refractivity contribution in [2.75, 3.05) is 23.4 Å². The van der Waals surface area contributed by atoms with Gasteiger partial charge in [0.15, 0.2) is 9.84 Å². The van der Waals surface area contributed by atoms with Gasteiger partial charge in [-0.15, -0.1) is 0 Å². The second-order valence-corrected chi connectivity index (χ2v) is 8.17. The number of nitrogens with one attached hydrogen (secondary N) is 1. The Balaban J connectivity index is 2.13. The highest BCUT2D eigenvalue weighted by molar-refractivity contribution is 7.91. The lowest BCUT2D eigenvalue weighted by molar-refractivity contribution is -0.112. The number of hydrogen-bond acceptors (Lipinski definition) is 5. The summed E-state index contributed by atoms with van der Waals surface area (Å²) in [6, 6.07) is 8.21. The third-order valence-corrected chi connectivity index (χ3v) is 5.81. The van der Waals surface area contributed by atoms with E-state index in [2.05, 4.69) is 5.32 Å². The Bertz CT molecular complexity index is 782. The van der Waals surface area contributed by atoms with E-state index in [9.17, 15) is 18.5 Å². The highest BCUT2D eigenvalue weighted by Crippen LogP contribution is 2.19. The summed E-state index contributed by atoms with van der Waals surface area (Å²) in [5, 5.41) is 12.4. The van der Waals surface area contributed by atoms with Crippen LogP contribution in [0.5, 0.6) is 0 Å². The van der Waals surface area contributed by atoms with Crippen LogP contribution >= 0.6 is 11.6 Å². The number of nitrogens with zero attached hydrogens (tertiary/aromatic N) is 2. The fourth-order valence-electron chi connectivity index (χ4n) is 2.53. The van der Waals surface area contributed by atoms with E-state index in [4.69, 9.17) is 11.6 Å². The third-order valence-electron chi connectivity index (χ3n) is 3.80. The Kier molecular flexibility index (Phi) is 5.86. The maximum atomic E-state index is 12.2. The summed E-state index contributed by atoms with van der Waals surface area (Å²) in [5.41, 5.74) is 0.452. The largest absolute Gasteiger partial charge is 0.372 e. The summed E-state index contributed by atoms with van der Waals surface area (Å²) in [6.45, 7) is 2.37. The van der Waals surface area contributed by atoms with Crippen molar-refractivity contribution in [1.29, 1.82) is 5.26 Å². The molecule has 2 rings (SSSR count). The van der Waals surface area contributed by atoms with E-state index in [1.54, 1.807) is 29.2 Å². The molecule has 0 aliphatic carbocycles. The number of amides is 1. The Morgan fingerprint density at radius 3 is 2.62 bits per heavy atom. The minimum Gasteiger partial charge on any atom is -0.372 e. The second kappa shape index (κ2) is 7.69. The van der Waals surface area contributed by atoms with Crippen molar-refractivity contribution in [3.05, 3.63) is 41.1 Å². The molecule has 1 aromatic carbocycles. The van der Waals surface area contributed by atoms with Crippen LogP contribution in [0.2, 0.25) is 5.02 Å². The number of carbonyl (C=O) groups is 1. The Morgan fingerprint density at radius 1 is 1.46 bits per heavy atom. The molecule has 0 spiro atoms. The monoisotopic (exact) mass is 367 g/mol. The van der Waals surface area contributed by atoms with Gasteiger partial charge in [-0.25, -0.2) is 8.42 Å². The van der Waals surface area contributed by atoms with Gasteiger partial charge in [0.05, 0.1) is 11.5 Å². The smallest absolute Gasteiger partial charge is 0.267 e. The minimum absolute atomic E-state index is 0.0504. The van der Waals surface area contributed by atoms with Gasteiger partial charge in [-0.05, 0) is 37.6 Å². The van der Waals surface area contributed by atoms with Gasteiger partial charge in [-0.1, -0.05) is 11.6 Å². The zero-order valence-electron chi connectivity index (χ0n) is 13.2. The number of sulfone groups is 1. The summed E-state index contributed by atoms with van der Waals surface area (Å²) >= 11 is 5.79. The van der Waals surface area contributed by atoms with Gasteiger partial charge < -0.3 is 10.2 Å². The topological polar surface area (TPSA) is 90.3 Å². The molecular weight excluding hydrogens is 350 g/mol. The van der Waals surface area contributed by atoms with E-state index >= 15 is 0 Å². The lowest BCUT2D eigenvalue weighted by Crippen LogP contribution is -2.32. The molecule has 128 valence electrons. The fraction of sp³-hybridized carbons (Fsp3) is 0.375. The van der Waals surface area contributed by atoms with Crippen LogP contribution in [0.3, 0.4) is 0 Å². The molecule has 0 saturated carbocycles. The standard InChI is InChI=1S/C16H18ClN3O3S/c1-2-20(15-7-8-24(22,23)11-15)10-12(9-18)16(21)19-14-5-3-13(17)4-6-14/h3-6,10,15H,2,7-8,11H2,1H3,(H,19,21)/b12-10-. The number of nitriles is 1. The zero-order chi connectivity index (χ0) is 17.7. The Labute approximate surface area is 146 Å². The van der Waals surface area contributed by atoms with E-state index in [-0.39, 0.29) is 23.1 Å². The van der Waals surface area contributed by atoms with Crippen LogP contribution in [-0.4, -0.2) is 43.3 Å². The molecule has 0 radical (unpaired) electrons. The molecule has 1 unspecified atom stereocenters. The summed E-state index contributed by atoms with van der Waals surface area (Å²) in [5.74, 6) is -0.352. The first-order valence-electron chi connectivity index (χ1n) is 7.49. The third kappa shape index (κ3) is 4.73. The average Bonchev–Trinajstić information content (AvgIpc) is 2.90. The molecule has 1 atom stereocenters. The number of benzene rings is 1. The number of anilines is 1. The summed E-state index contributed by atoms with van der Waals surface area (Å²) in [7, 11) is -3.03. The summed E-state index contributed by atoms with van der Waals surface area (Å²) < 4.78 is 23.2. The van der Waals surface area contributed by atoms with Crippen molar-refractivity contribution in [1.82, 2.24) is 4.90 Å². The lowest BCUT2D eigenvalue weighted by Gasteiger charge is -2.25. The molecule has 1 saturated heterocycles. The van der Waals surface area contributed by atoms with Gasteiger partial charge in [0.1, 0.15) is 11.6 Å². The van der Waals surface area contributed by atoms with Crippen molar-refractivity contribution < 1.29 is 13.2 Å². The predicted molar refractivity (Wildman–Crippen MR) is 93.2 cm³/mol. The number of halogens is 1. The molecule has 24 heavy (non-hydrogen) atoms. The molecule has 1 heterocycles. The van der Waals surface area contributed by atoms with Gasteiger partial charge >= 0.3 is 0 Å². The van der Waals surface area contributed by atoms with Gasteiger partial charge in [0.2, 0.25) is 0 Å². The van der Waals surface area contributed by atoms with Crippen LogP contribution in [0.25, 0.3) is 0 Å². The lowest BCUT2D eigenvalue weighted by atomic mass is 10.2. The molecule has 1 amide bonds. The molecule has 1 fully saturated rings. The van der Waals surface area contributed by atoms with Crippen molar-refractivity contribution in [2.24, 2.45) is 0 Å². The molecule has 8 heteroatoms. The average molecular weight is 368 g/mol. The van der Waals surface area contributed by atoms with Crippen LogP contribution in [-0.2, 0) is 14.6 Å². The van der Waals surface area contributed by atoms with Crippen LogP contribution in [0.15, 0.2) is 36.0 Å². The maximum absolute atomic E-state index is 12.2. The van der Waals surface area contributed by atoms with Gasteiger partial charge in [0.25, 0.3) is 5.91 Å². The van der Waals surface area contributed by atoms with Crippen LogP contribution in [0, 0.1) is 11.3 Å². The Morgan fingerprint density at radius 2 is 2.12 bits per heavy atom. The second-order valence-electron chi connectivity index (χ2n) is 5.50. The molecule has 0 bridgehead atoms. The molecule has 1 aliphatic rings. The van der Waals surface area contributed by atoms with Crippen LogP contribution < -0.4 is 5.32 Å². The molecule has 6 nitrogen and oxygen atoms in total. The zero-order valence-corrected chi connectivity index (χ0v) is 14.8. The van der Waals surface area contributed by atoms with Gasteiger partial charge in [-0.2, -0.15) is 5.26 Å². The van der Waals surface area contributed by atoms with Crippen LogP contribution in [0.4, 0.5) is 5.69 Å². The predicted octanol–water partition coefficient (Wildman–Crippen LogP) is 2.19. The SMILES string of the molecule is CCN(/C=C(/C#N)C(=O)Nc1ccc(Cl)cc1)C1CCS(=O)(=O)C1. The molecule has 0 aromatic heterocycles. The summed E-state index contributed by atoms with van der Waals surface area (Å²) in [6.07, 6.45) is 1.95. The van der Waals surface area contributed by atoms with E-state index in [1.165, 1.54) is 6.20 Å². The molecule has 1 N–H and O–H groups in total. The van der Waals surface area contributed by atoms with Gasteiger partial charge in [0, 0.05) is 29.5 Å². The first kappa shape index (κ1) is 18.3. The quantitative estimate of drug-likeness (QED) is 0.636. The molecular formula is C16H18ClN3O3S. The molecule has 1 aromatic rings. The van der Waals surface area contributed by atoms with E-state index in [1.807, 2.05) is 13.0 Å².